The van der Waals surface area contributed by atoms with Crippen molar-refractivity contribution in [3.63, 3.8) is 0 Å². The Bertz CT molecular complexity index is 2590. The van der Waals surface area contributed by atoms with Crippen LogP contribution in [-0.4, -0.2) is 15.6 Å². The van der Waals surface area contributed by atoms with E-state index in [1.807, 2.05) is 16.3 Å². The molecule has 0 atom stereocenters. The molecule has 5 nitrogen and oxygen atoms in total. The minimum absolute atomic E-state index is 0.193. The van der Waals surface area contributed by atoms with E-state index in [4.69, 9.17) is 9.92 Å². The Balaban J connectivity index is 1.15. The van der Waals surface area contributed by atoms with E-state index in [1.54, 1.807) is 0 Å². The number of hydrogen-bond donors (Lipinski definition) is 0. The lowest BCUT2D eigenvalue weighted by atomic mass is 9.77. The first-order valence-electron chi connectivity index (χ1n) is 18.0. The second-order valence-corrected chi connectivity index (χ2v) is 14.4. The number of aromatic nitrogens is 2. The van der Waals surface area contributed by atoms with Crippen LogP contribution in [-0.2, 0) is 10.4 Å². The number of pyridine rings is 1. The van der Waals surface area contributed by atoms with Crippen LogP contribution in [0.4, 0.5) is 17.1 Å². The average molecular weight is 677 g/mol. The molecule has 9 rings (SSSR count). The largest absolute Gasteiger partial charge is 0.294 e. The van der Waals surface area contributed by atoms with Crippen molar-refractivity contribution >= 4 is 38.9 Å². The molecule has 52 heavy (non-hydrogen) atoms. The summed E-state index contributed by atoms with van der Waals surface area (Å²) in [6.07, 6.45) is 1.94. The molecule has 1 aliphatic heterocycles. The van der Waals surface area contributed by atoms with Crippen molar-refractivity contribution in [2.24, 2.45) is 0 Å². The summed E-state index contributed by atoms with van der Waals surface area (Å²) in [6.45, 7) is 8.90. The summed E-state index contributed by atoms with van der Waals surface area (Å²) < 4.78 is 2.32. The Labute approximate surface area is 304 Å². The maximum atomic E-state index is 6.44. The van der Waals surface area contributed by atoms with E-state index in [1.165, 1.54) is 38.6 Å². The SMILES string of the molecule is CC(C)N1ON(c2cccc(C(C)(C)c3ccc4c5ccccc5n(-c5cc(-c6ccccc6-c6ccccc6)ccn5)c4c3)c2)c2ccccc21. The third-order valence-electron chi connectivity index (χ3n) is 10.5. The monoisotopic (exact) mass is 676 g/mol. The van der Waals surface area contributed by atoms with E-state index < -0.39 is 0 Å². The van der Waals surface area contributed by atoms with Crippen LogP contribution in [0, 0.1) is 0 Å². The van der Waals surface area contributed by atoms with Gasteiger partial charge in [0.2, 0.25) is 0 Å². The van der Waals surface area contributed by atoms with Crippen LogP contribution < -0.4 is 10.1 Å². The van der Waals surface area contributed by atoms with Gasteiger partial charge in [-0.15, -0.1) is 4.94 Å². The Morgan fingerprint density at radius 1 is 0.558 bits per heavy atom. The highest BCUT2D eigenvalue weighted by Gasteiger charge is 2.32. The Kier molecular flexibility index (Phi) is 7.67. The average Bonchev–Trinajstić information content (AvgIpc) is 3.75. The highest BCUT2D eigenvalue weighted by Crippen LogP contribution is 2.44. The zero-order valence-electron chi connectivity index (χ0n) is 29.9. The molecule has 0 bridgehead atoms. The van der Waals surface area contributed by atoms with Crippen molar-refractivity contribution in [2.75, 3.05) is 10.1 Å². The zero-order chi connectivity index (χ0) is 35.4. The van der Waals surface area contributed by atoms with Crippen LogP contribution in [0.5, 0.6) is 0 Å². The zero-order valence-corrected chi connectivity index (χ0v) is 29.9. The van der Waals surface area contributed by atoms with Crippen molar-refractivity contribution in [3.05, 3.63) is 175 Å². The number of fused-ring (bicyclic) bond motifs is 4. The molecule has 254 valence electrons. The molecular formula is C47H40N4O. The second kappa shape index (κ2) is 12.6. The minimum Gasteiger partial charge on any atom is -0.294 e. The molecule has 0 unspecified atom stereocenters. The number of para-hydroxylation sites is 3. The lowest BCUT2D eigenvalue weighted by Gasteiger charge is -2.28. The molecule has 2 aromatic heterocycles. The van der Waals surface area contributed by atoms with Crippen molar-refractivity contribution in [3.8, 4) is 28.1 Å². The summed E-state index contributed by atoms with van der Waals surface area (Å²) in [7, 11) is 0. The summed E-state index contributed by atoms with van der Waals surface area (Å²) in [5.41, 5.74) is 12.2. The molecule has 0 amide bonds. The molecule has 0 aliphatic carbocycles. The topological polar surface area (TPSA) is 33.5 Å². The van der Waals surface area contributed by atoms with Gasteiger partial charge in [-0.25, -0.2) is 10.0 Å². The van der Waals surface area contributed by atoms with Gasteiger partial charge in [-0.1, -0.05) is 123 Å². The fourth-order valence-corrected chi connectivity index (χ4v) is 7.66. The third-order valence-corrected chi connectivity index (χ3v) is 10.5. The first kappa shape index (κ1) is 31.8. The first-order valence-corrected chi connectivity index (χ1v) is 18.0. The molecule has 0 spiro atoms. The van der Waals surface area contributed by atoms with Crippen LogP contribution in [0.2, 0.25) is 0 Å². The van der Waals surface area contributed by atoms with Crippen molar-refractivity contribution in [1.82, 2.24) is 9.55 Å². The lowest BCUT2D eigenvalue weighted by molar-refractivity contribution is 0.112. The molecule has 3 heterocycles. The van der Waals surface area contributed by atoms with Gasteiger partial charge in [-0.3, -0.25) is 4.57 Å². The molecule has 0 saturated carbocycles. The molecule has 0 saturated heterocycles. The Hall–Kier alpha value is -6.17. The summed E-state index contributed by atoms with van der Waals surface area (Å²) in [5.74, 6) is 0.892. The molecule has 5 heteroatoms. The molecule has 8 aromatic rings. The highest BCUT2D eigenvalue weighted by molar-refractivity contribution is 6.09. The molecular weight excluding hydrogens is 637 g/mol. The molecule has 0 N–H and O–H groups in total. The van der Waals surface area contributed by atoms with Gasteiger partial charge in [-0.05, 0) is 95.8 Å². The van der Waals surface area contributed by atoms with Gasteiger partial charge in [0, 0.05) is 22.4 Å². The van der Waals surface area contributed by atoms with E-state index in [2.05, 4.69) is 190 Å². The molecule has 0 radical (unpaired) electrons. The first-order chi connectivity index (χ1) is 25.4. The fourth-order valence-electron chi connectivity index (χ4n) is 7.66. The van der Waals surface area contributed by atoms with Crippen LogP contribution in [0.25, 0.3) is 49.9 Å². The van der Waals surface area contributed by atoms with Crippen molar-refractivity contribution < 1.29 is 4.94 Å². The third kappa shape index (κ3) is 5.24. The normalized spacial score (nSPS) is 13.0. The Morgan fingerprint density at radius 2 is 1.23 bits per heavy atom. The fraction of sp³-hybridized carbons (Fsp3) is 0.128. The second-order valence-electron chi connectivity index (χ2n) is 14.4. The number of rotatable bonds is 7. The van der Waals surface area contributed by atoms with Crippen LogP contribution in [0.15, 0.2) is 164 Å². The maximum Gasteiger partial charge on any atom is 0.138 e. The van der Waals surface area contributed by atoms with E-state index >= 15 is 0 Å². The number of benzene rings is 6. The van der Waals surface area contributed by atoms with Gasteiger partial charge in [0.05, 0.1) is 34.1 Å². The summed E-state index contributed by atoms with van der Waals surface area (Å²) in [5, 5.41) is 6.34. The number of hydrogen-bond acceptors (Lipinski definition) is 4. The highest BCUT2D eigenvalue weighted by atomic mass is 16.8. The Morgan fingerprint density at radius 3 is 2.04 bits per heavy atom. The van der Waals surface area contributed by atoms with Gasteiger partial charge in [0.15, 0.2) is 0 Å². The van der Waals surface area contributed by atoms with Crippen LogP contribution >= 0.6 is 0 Å². The van der Waals surface area contributed by atoms with Crippen LogP contribution in [0.1, 0.15) is 38.8 Å². The molecule has 0 fully saturated rings. The van der Waals surface area contributed by atoms with Gasteiger partial charge < -0.3 is 0 Å². The lowest BCUT2D eigenvalue weighted by Crippen LogP contribution is -2.31. The van der Waals surface area contributed by atoms with Gasteiger partial charge >= 0.3 is 0 Å². The quantitative estimate of drug-likeness (QED) is 0.168. The number of hydroxylamine groups is 1. The van der Waals surface area contributed by atoms with Crippen molar-refractivity contribution in [1.29, 1.82) is 0 Å². The van der Waals surface area contributed by atoms with Gasteiger partial charge in [0.1, 0.15) is 5.82 Å². The van der Waals surface area contributed by atoms with E-state index in [0.29, 0.717) is 0 Å². The molecule has 6 aromatic carbocycles. The maximum absolute atomic E-state index is 6.44. The predicted octanol–water partition coefficient (Wildman–Crippen LogP) is 12.1. The molecule has 1 aliphatic rings. The summed E-state index contributed by atoms with van der Waals surface area (Å²) >= 11 is 0. The smallest absolute Gasteiger partial charge is 0.138 e. The van der Waals surface area contributed by atoms with Gasteiger partial charge in [0.25, 0.3) is 0 Å². The van der Waals surface area contributed by atoms with Crippen molar-refractivity contribution in [2.45, 2.75) is 39.2 Å². The number of anilines is 3. The standard InChI is InChI=1S/C47H40N4O/c1-32(2)50-43-23-12-13-24-44(43)51(52-50)37-18-14-17-35(30-37)47(3,4)36-25-26-41-40-21-10-11-22-42(40)49(45(41)31-36)46-29-34(27-28-48-46)39-20-9-8-19-38(39)33-15-6-5-7-16-33/h5-32H,1-4H3. The van der Waals surface area contributed by atoms with E-state index in [9.17, 15) is 0 Å². The van der Waals surface area contributed by atoms with E-state index in [-0.39, 0.29) is 11.5 Å². The summed E-state index contributed by atoms with van der Waals surface area (Å²) in [4.78, 5) is 11.4. The van der Waals surface area contributed by atoms with E-state index in [0.717, 1.165) is 39.5 Å². The summed E-state index contributed by atoms with van der Waals surface area (Å²) in [6, 6.07) is 56.4. The van der Waals surface area contributed by atoms with Gasteiger partial charge in [-0.2, -0.15) is 5.06 Å². The predicted molar refractivity (Wildman–Crippen MR) is 215 cm³/mol. The minimum atomic E-state index is -0.313. The number of nitrogens with zero attached hydrogens (tertiary/aromatic N) is 4. The van der Waals surface area contributed by atoms with Crippen LogP contribution in [0.3, 0.4) is 0 Å².